The third kappa shape index (κ3) is 1.54. The maximum Gasteiger partial charge on any atom is 0.157 e. The Balaban J connectivity index is 2.44. The number of rotatable bonds is 3. The molecule has 2 aromatic heterocycles. The van der Waals surface area contributed by atoms with E-state index in [1.165, 1.54) is 0 Å². The average Bonchev–Trinajstić information content (AvgIpc) is 2.61. The Kier molecular flexibility index (Phi) is 2.32. The summed E-state index contributed by atoms with van der Waals surface area (Å²) in [5, 5.41) is 19.5. The molecule has 0 radical (unpaired) electrons. The largest absolute Gasteiger partial charge is 0.395 e. The van der Waals surface area contributed by atoms with Gasteiger partial charge in [-0.1, -0.05) is 0 Å². The minimum atomic E-state index is 0.112. The van der Waals surface area contributed by atoms with Gasteiger partial charge < -0.3 is 10.4 Å². The second-order valence-corrected chi connectivity index (χ2v) is 3.09. The van der Waals surface area contributed by atoms with E-state index in [4.69, 9.17) is 5.11 Å². The van der Waals surface area contributed by atoms with E-state index < -0.39 is 0 Å². The third-order valence-corrected chi connectivity index (χ3v) is 1.98. The molecule has 14 heavy (non-hydrogen) atoms. The lowest BCUT2D eigenvalue weighted by atomic mass is 10.2. The average molecular weight is 192 g/mol. The summed E-state index contributed by atoms with van der Waals surface area (Å²) >= 11 is 0. The fourth-order valence-corrected chi connectivity index (χ4v) is 1.39. The van der Waals surface area contributed by atoms with Crippen molar-refractivity contribution in [2.45, 2.75) is 6.92 Å². The fourth-order valence-electron chi connectivity index (χ4n) is 1.39. The number of nitrogens with zero attached hydrogens (tertiary/aromatic N) is 2. The van der Waals surface area contributed by atoms with Crippen molar-refractivity contribution < 1.29 is 5.11 Å². The molecule has 3 N–H and O–H groups in total. The van der Waals surface area contributed by atoms with Crippen LogP contribution in [0.5, 0.6) is 0 Å². The van der Waals surface area contributed by atoms with Crippen molar-refractivity contribution in [1.82, 2.24) is 15.2 Å². The zero-order valence-electron chi connectivity index (χ0n) is 7.91. The minimum absolute atomic E-state index is 0.112. The van der Waals surface area contributed by atoms with Crippen LogP contribution in [0.4, 0.5) is 5.69 Å². The number of H-pyrrole nitrogens is 1. The van der Waals surface area contributed by atoms with E-state index in [0.29, 0.717) is 6.54 Å². The maximum absolute atomic E-state index is 8.72. The Labute approximate surface area is 81.2 Å². The Morgan fingerprint density at radius 3 is 3.21 bits per heavy atom. The number of aliphatic hydroxyl groups is 1. The number of anilines is 1. The van der Waals surface area contributed by atoms with Crippen molar-refractivity contribution >= 4 is 16.7 Å². The van der Waals surface area contributed by atoms with Gasteiger partial charge in [-0.05, 0) is 13.0 Å². The molecule has 0 bridgehead atoms. The van der Waals surface area contributed by atoms with Crippen molar-refractivity contribution in [3.8, 4) is 0 Å². The van der Waals surface area contributed by atoms with Crippen LogP contribution < -0.4 is 5.32 Å². The topological polar surface area (TPSA) is 73.8 Å². The Hall–Kier alpha value is -1.62. The highest BCUT2D eigenvalue weighted by Crippen LogP contribution is 2.20. The first-order chi connectivity index (χ1) is 6.81. The van der Waals surface area contributed by atoms with Gasteiger partial charge in [-0.2, -0.15) is 5.10 Å². The summed E-state index contributed by atoms with van der Waals surface area (Å²) in [6.45, 7) is 2.56. The molecule has 0 aromatic carbocycles. The van der Waals surface area contributed by atoms with E-state index >= 15 is 0 Å². The lowest BCUT2D eigenvalue weighted by molar-refractivity contribution is 0.311. The van der Waals surface area contributed by atoms with E-state index in [1.54, 1.807) is 6.20 Å². The highest BCUT2D eigenvalue weighted by atomic mass is 16.3. The quantitative estimate of drug-likeness (QED) is 0.668. The standard InChI is InChI=1S/C9H12N4O/c1-6-4-8(10-2-3-14)7-5-11-13-9(7)12-6/h4-5,14H,2-3H2,1H3,(H2,10,11,12,13). The molecule has 2 rings (SSSR count). The summed E-state index contributed by atoms with van der Waals surface area (Å²) in [6.07, 6.45) is 1.72. The third-order valence-electron chi connectivity index (χ3n) is 1.98. The summed E-state index contributed by atoms with van der Waals surface area (Å²) in [7, 11) is 0. The first kappa shape index (κ1) is 8.96. The molecule has 5 heteroatoms. The van der Waals surface area contributed by atoms with Crippen LogP contribution in [-0.2, 0) is 0 Å². The highest BCUT2D eigenvalue weighted by molar-refractivity contribution is 5.88. The van der Waals surface area contributed by atoms with Gasteiger partial charge in [0.1, 0.15) is 0 Å². The zero-order chi connectivity index (χ0) is 9.97. The van der Waals surface area contributed by atoms with Crippen LogP contribution in [0, 0.1) is 6.92 Å². The SMILES string of the molecule is Cc1cc(NCCO)c2cn[nH]c2n1. The van der Waals surface area contributed by atoms with Crippen LogP contribution in [0.2, 0.25) is 0 Å². The molecule has 0 aliphatic heterocycles. The number of aromatic nitrogens is 3. The van der Waals surface area contributed by atoms with Crippen LogP contribution in [0.1, 0.15) is 5.69 Å². The maximum atomic E-state index is 8.72. The van der Waals surface area contributed by atoms with Crippen LogP contribution >= 0.6 is 0 Å². The van der Waals surface area contributed by atoms with Gasteiger partial charge in [-0.15, -0.1) is 0 Å². The molecule has 0 saturated carbocycles. The number of nitrogens with one attached hydrogen (secondary N) is 2. The molecule has 0 aliphatic carbocycles. The Morgan fingerprint density at radius 1 is 1.57 bits per heavy atom. The summed E-state index contributed by atoms with van der Waals surface area (Å²) in [6, 6.07) is 1.94. The van der Waals surface area contributed by atoms with Gasteiger partial charge in [0.05, 0.1) is 18.2 Å². The van der Waals surface area contributed by atoms with E-state index in [0.717, 1.165) is 22.4 Å². The summed E-state index contributed by atoms with van der Waals surface area (Å²) in [5.41, 5.74) is 2.64. The molecule has 2 aromatic rings. The molecule has 0 spiro atoms. The molecule has 74 valence electrons. The van der Waals surface area contributed by atoms with E-state index in [2.05, 4.69) is 20.5 Å². The summed E-state index contributed by atoms with van der Waals surface area (Å²) in [4.78, 5) is 4.28. The molecule has 0 fully saturated rings. The lowest BCUT2D eigenvalue weighted by Gasteiger charge is -2.05. The van der Waals surface area contributed by atoms with Gasteiger partial charge in [0.15, 0.2) is 5.65 Å². The number of aryl methyl sites for hydroxylation is 1. The molecule has 0 saturated heterocycles. The fraction of sp³-hybridized carbons (Fsp3) is 0.333. The highest BCUT2D eigenvalue weighted by Gasteiger charge is 2.04. The Morgan fingerprint density at radius 2 is 2.43 bits per heavy atom. The van der Waals surface area contributed by atoms with Crippen LogP contribution in [0.25, 0.3) is 11.0 Å². The van der Waals surface area contributed by atoms with Crippen molar-refractivity contribution in [2.75, 3.05) is 18.5 Å². The molecule has 5 nitrogen and oxygen atoms in total. The number of pyridine rings is 1. The normalized spacial score (nSPS) is 10.7. The predicted octanol–water partition coefficient (Wildman–Crippen LogP) is 0.671. The monoisotopic (exact) mass is 192 g/mol. The molecular formula is C9H12N4O. The summed E-state index contributed by atoms with van der Waals surface area (Å²) < 4.78 is 0. The van der Waals surface area contributed by atoms with Crippen molar-refractivity contribution in [1.29, 1.82) is 0 Å². The number of aromatic amines is 1. The van der Waals surface area contributed by atoms with Gasteiger partial charge in [-0.3, -0.25) is 5.10 Å². The number of hydrogen-bond donors (Lipinski definition) is 3. The Bertz CT molecular complexity index is 437. The van der Waals surface area contributed by atoms with Crippen molar-refractivity contribution in [3.63, 3.8) is 0 Å². The molecule has 0 amide bonds. The van der Waals surface area contributed by atoms with Gasteiger partial charge in [0.2, 0.25) is 0 Å². The van der Waals surface area contributed by atoms with Crippen LogP contribution in [0.3, 0.4) is 0 Å². The van der Waals surface area contributed by atoms with Crippen LogP contribution in [0.15, 0.2) is 12.3 Å². The smallest absolute Gasteiger partial charge is 0.157 e. The molecule has 0 unspecified atom stereocenters. The second-order valence-electron chi connectivity index (χ2n) is 3.09. The summed E-state index contributed by atoms with van der Waals surface area (Å²) in [5.74, 6) is 0. The molecular weight excluding hydrogens is 180 g/mol. The number of aliphatic hydroxyl groups excluding tert-OH is 1. The lowest BCUT2D eigenvalue weighted by Crippen LogP contribution is -2.06. The molecule has 0 atom stereocenters. The zero-order valence-corrected chi connectivity index (χ0v) is 7.91. The van der Waals surface area contributed by atoms with Crippen LogP contribution in [-0.4, -0.2) is 33.4 Å². The molecule has 0 aliphatic rings. The first-order valence-electron chi connectivity index (χ1n) is 4.46. The first-order valence-corrected chi connectivity index (χ1v) is 4.46. The minimum Gasteiger partial charge on any atom is -0.395 e. The van der Waals surface area contributed by atoms with Gasteiger partial charge in [0, 0.05) is 17.9 Å². The molecule has 2 heterocycles. The van der Waals surface area contributed by atoms with E-state index in [9.17, 15) is 0 Å². The second kappa shape index (κ2) is 3.63. The number of fused-ring (bicyclic) bond motifs is 1. The predicted molar refractivity (Wildman–Crippen MR) is 54.2 cm³/mol. The van der Waals surface area contributed by atoms with E-state index in [1.807, 2.05) is 13.0 Å². The van der Waals surface area contributed by atoms with Crippen molar-refractivity contribution in [3.05, 3.63) is 18.0 Å². The van der Waals surface area contributed by atoms with Crippen molar-refractivity contribution in [2.24, 2.45) is 0 Å². The van der Waals surface area contributed by atoms with Gasteiger partial charge in [0.25, 0.3) is 0 Å². The number of hydrogen-bond acceptors (Lipinski definition) is 4. The van der Waals surface area contributed by atoms with Gasteiger partial charge in [-0.25, -0.2) is 4.98 Å². The van der Waals surface area contributed by atoms with Gasteiger partial charge >= 0.3 is 0 Å². The van der Waals surface area contributed by atoms with E-state index in [-0.39, 0.29) is 6.61 Å².